The highest BCUT2D eigenvalue weighted by molar-refractivity contribution is 5.96. The highest BCUT2D eigenvalue weighted by Crippen LogP contribution is 2.27. The van der Waals surface area contributed by atoms with E-state index < -0.39 is 96.6 Å². The fourth-order valence-corrected chi connectivity index (χ4v) is 7.52. The number of esters is 2. The molecule has 1 heterocycles. The second-order valence-corrected chi connectivity index (χ2v) is 18.4. The molecule has 0 saturated carbocycles. The van der Waals surface area contributed by atoms with E-state index in [1.165, 1.54) is 42.6 Å². The van der Waals surface area contributed by atoms with E-state index in [0.29, 0.717) is 37.9 Å². The number of allylic oxidation sites excluding steroid dienone is 1. The Morgan fingerprint density at radius 2 is 1.53 bits per heavy atom. The number of benzene rings is 1. The number of nitrogens with one attached hydrogen (secondary N) is 4. The van der Waals surface area contributed by atoms with Gasteiger partial charge in [0, 0.05) is 52.0 Å². The normalized spacial score (nSPS) is 17.8. The summed E-state index contributed by atoms with van der Waals surface area (Å²) in [4.78, 5) is 112. The minimum atomic E-state index is -1.17. The Morgan fingerprint density at radius 1 is 0.897 bits per heavy atom. The van der Waals surface area contributed by atoms with Crippen LogP contribution < -0.4 is 21.3 Å². The Bertz CT molecular complexity index is 1940. The summed E-state index contributed by atoms with van der Waals surface area (Å²) in [7, 11) is 6.30. The van der Waals surface area contributed by atoms with Gasteiger partial charge in [-0.05, 0) is 84.0 Å². The molecule has 6 amide bonds. The zero-order valence-electron chi connectivity index (χ0n) is 42.8. The molecule has 1 aliphatic heterocycles. The zero-order chi connectivity index (χ0) is 51.4. The summed E-state index contributed by atoms with van der Waals surface area (Å²) in [6.45, 7) is 18.1. The van der Waals surface area contributed by atoms with Gasteiger partial charge in [-0.25, -0.2) is 14.4 Å². The van der Waals surface area contributed by atoms with Gasteiger partial charge in [-0.2, -0.15) is 0 Å². The summed E-state index contributed by atoms with van der Waals surface area (Å²) in [5.41, 5.74) is 1.83. The van der Waals surface area contributed by atoms with Crippen LogP contribution in [0.4, 0.5) is 4.79 Å². The maximum absolute atomic E-state index is 14.3. The lowest BCUT2D eigenvalue weighted by atomic mass is 9.90. The minimum absolute atomic E-state index is 0.0242. The summed E-state index contributed by atoms with van der Waals surface area (Å²) < 4.78 is 17.2. The molecule has 1 saturated heterocycles. The van der Waals surface area contributed by atoms with Crippen molar-refractivity contribution in [3.8, 4) is 0 Å². The van der Waals surface area contributed by atoms with Crippen LogP contribution in [0.1, 0.15) is 100 Å². The Labute approximate surface area is 403 Å². The molecular formula is C50H79N7O11. The summed E-state index contributed by atoms with van der Waals surface area (Å²) in [6, 6.07) is 4.54. The average molecular weight is 954 g/mol. The number of hydrogen-bond donors (Lipinski definition) is 4. The van der Waals surface area contributed by atoms with Crippen LogP contribution in [-0.4, -0.2) is 153 Å². The molecule has 1 fully saturated rings. The van der Waals surface area contributed by atoms with Crippen molar-refractivity contribution in [3.63, 3.8) is 0 Å². The SMILES string of the molecule is C/C=C(\C)[C@@H](OC(=O)[C@@H](C)NC(=O)[C@@H](NC(=O)CN(C)C(=O)[C@@H](Cc1ccccc1)N(C)C(=O)[C@H](C)NC(=O)[C@@H](CC(C)C)OC(=O)/C(C)=C/CCNC)C(C)CC)[C@@H](C)[C@@H]1CCN(C)C(=O)O1. The maximum atomic E-state index is 14.3. The molecule has 0 aliphatic carbocycles. The quantitative estimate of drug-likeness (QED) is 0.0341. The second-order valence-electron chi connectivity index (χ2n) is 18.4. The summed E-state index contributed by atoms with van der Waals surface area (Å²) in [5.74, 6) is -5.28. The van der Waals surface area contributed by atoms with Crippen molar-refractivity contribution in [1.82, 2.24) is 36.0 Å². The first-order chi connectivity index (χ1) is 32.0. The van der Waals surface area contributed by atoms with Crippen molar-refractivity contribution in [2.75, 3.05) is 47.8 Å². The average Bonchev–Trinajstić information content (AvgIpc) is 3.30. The molecule has 1 aromatic carbocycles. The van der Waals surface area contributed by atoms with Gasteiger partial charge in [-0.15, -0.1) is 0 Å². The second kappa shape index (κ2) is 28.5. The van der Waals surface area contributed by atoms with E-state index in [-0.39, 0.29) is 30.6 Å². The maximum Gasteiger partial charge on any atom is 0.409 e. The topological polar surface area (TPSA) is 222 Å². The third-order valence-corrected chi connectivity index (χ3v) is 12.3. The molecular weight excluding hydrogens is 875 g/mol. The van der Waals surface area contributed by atoms with Crippen LogP contribution in [0.2, 0.25) is 0 Å². The molecule has 1 aromatic rings. The Morgan fingerprint density at radius 3 is 2.10 bits per heavy atom. The molecule has 380 valence electrons. The van der Waals surface area contributed by atoms with E-state index in [0.717, 1.165) is 11.1 Å². The van der Waals surface area contributed by atoms with E-state index in [1.807, 2.05) is 53.7 Å². The number of ether oxygens (including phenoxy) is 3. The number of carbonyl (C=O) groups is 8. The number of carbonyl (C=O) groups excluding carboxylic acids is 8. The first-order valence-corrected chi connectivity index (χ1v) is 23.7. The number of amides is 6. The molecule has 2 rings (SSSR count). The minimum Gasteiger partial charge on any atom is -0.456 e. The van der Waals surface area contributed by atoms with E-state index >= 15 is 0 Å². The molecule has 1 aliphatic rings. The van der Waals surface area contributed by atoms with E-state index in [1.54, 1.807) is 58.3 Å². The molecule has 0 aromatic heterocycles. The third kappa shape index (κ3) is 18.0. The molecule has 18 nitrogen and oxygen atoms in total. The van der Waals surface area contributed by atoms with Crippen LogP contribution in [-0.2, 0) is 54.2 Å². The highest BCUT2D eigenvalue weighted by Gasteiger charge is 2.38. The van der Waals surface area contributed by atoms with E-state index in [9.17, 15) is 38.4 Å². The van der Waals surface area contributed by atoms with Gasteiger partial charge in [0.15, 0.2) is 6.10 Å². The molecule has 18 heteroatoms. The number of rotatable bonds is 26. The molecule has 4 N–H and O–H groups in total. The lowest BCUT2D eigenvalue weighted by molar-refractivity contribution is -0.155. The zero-order valence-corrected chi connectivity index (χ0v) is 42.8. The van der Waals surface area contributed by atoms with Crippen molar-refractivity contribution >= 4 is 47.6 Å². The van der Waals surface area contributed by atoms with Crippen molar-refractivity contribution in [1.29, 1.82) is 0 Å². The monoisotopic (exact) mass is 954 g/mol. The fraction of sp³-hybridized carbons (Fsp3) is 0.640. The van der Waals surface area contributed by atoms with Crippen LogP contribution >= 0.6 is 0 Å². The van der Waals surface area contributed by atoms with Gasteiger partial charge in [0.25, 0.3) is 5.91 Å². The number of likely N-dealkylation sites (N-methyl/N-ethyl adjacent to an activating group) is 2. The molecule has 9 atom stereocenters. The van der Waals surface area contributed by atoms with Crippen LogP contribution in [0, 0.1) is 17.8 Å². The predicted octanol–water partition coefficient (Wildman–Crippen LogP) is 3.92. The van der Waals surface area contributed by atoms with E-state index in [4.69, 9.17) is 14.2 Å². The number of cyclic esters (lactones) is 1. The molecule has 0 bridgehead atoms. The van der Waals surface area contributed by atoms with Gasteiger partial charge >= 0.3 is 18.0 Å². The molecule has 0 radical (unpaired) electrons. The van der Waals surface area contributed by atoms with Crippen molar-refractivity contribution in [3.05, 3.63) is 59.2 Å². The molecule has 1 unspecified atom stereocenters. The van der Waals surface area contributed by atoms with Gasteiger partial charge in [0.2, 0.25) is 23.6 Å². The largest absolute Gasteiger partial charge is 0.456 e. The van der Waals surface area contributed by atoms with Gasteiger partial charge in [0.1, 0.15) is 36.4 Å². The van der Waals surface area contributed by atoms with Gasteiger partial charge < -0.3 is 50.2 Å². The van der Waals surface area contributed by atoms with E-state index in [2.05, 4.69) is 21.3 Å². The summed E-state index contributed by atoms with van der Waals surface area (Å²) in [6.07, 6.45) is 2.58. The van der Waals surface area contributed by atoms with Crippen molar-refractivity contribution in [2.45, 2.75) is 144 Å². The van der Waals surface area contributed by atoms with Crippen molar-refractivity contribution in [2.24, 2.45) is 17.8 Å². The fourth-order valence-electron chi connectivity index (χ4n) is 7.52. The van der Waals surface area contributed by atoms with Crippen LogP contribution in [0.5, 0.6) is 0 Å². The van der Waals surface area contributed by atoms with Crippen LogP contribution in [0.3, 0.4) is 0 Å². The standard InChI is InChI=1S/C50H79N7O11/c1-15-31(5)42(45(60)53-36(10)49(64)68-43(32(6)16-2)34(8)39-24-26-55(12)50(65)67-39)54-41(58)29-56(13)47(62)38(28-37-22-18-17-19-23-37)57(14)46(61)35(9)52-44(59)40(27-30(3)4)66-48(63)33(7)21-20-25-51-11/h16-19,21-23,30-31,34-36,38-40,42-43,51H,15,20,24-29H2,1-14H3,(H,52,59)(H,53,60)(H,54,58)/b32-16+,33-21+/t31?,34-,35-,36+,38+,39-,40+,42-,43+/m0/s1. The smallest absolute Gasteiger partial charge is 0.409 e. The number of hydrogen-bond acceptors (Lipinski definition) is 12. The predicted molar refractivity (Wildman–Crippen MR) is 259 cm³/mol. The lowest BCUT2D eigenvalue weighted by Gasteiger charge is -2.36. The Hall–Kier alpha value is -5.78. The van der Waals surface area contributed by atoms with Gasteiger partial charge in [-0.3, -0.25) is 24.0 Å². The summed E-state index contributed by atoms with van der Waals surface area (Å²) >= 11 is 0. The van der Waals surface area contributed by atoms with Crippen LogP contribution in [0.25, 0.3) is 0 Å². The van der Waals surface area contributed by atoms with Gasteiger partial charge in [-0.1, -0.05) is 83.5 Å². The first-order valence-electron chi connectivity index (χ1n) is 23.7. The molecule has 68 heavy (non-hydrogen) atoms. The third-order valence-electron chi connectivity index (χ3n) is 12.3. The Balaban J connectivity index is 2.23. The van der Waals surface area contributed by atoms with Crippen molar-refractivity contribution < 1.29 is 52.6 Å². The van der Waals surface area contributed by atoms with Crippen LogP contribution in [0.15, 0.2) is 53.6 Å². The first kappa shape index (κ1) is 58.3. The summed E-state index contributed by atoms with van der Waals surface area (Å²) in [5, 5.41) is 11.1. The number of nitrogens with zero attached hydrogens (tertiary/aromatic N) is 3. The lowest BCUT2D eigenvalue weighted by Crippen LogP contribution is -2.57. The van der Waals surface area contributed by atoms with Gasteiger partial charge in [0.05, 0.1) is 6.54 Å². The Kier molecular flexibility index (Phi) is 24.5. The molecule has 0 spiro atoms. The highest BCUT2D eigenvalue weighted by atomic mass is 16.6.